The summed E-state index contributed by atoms with van der Waals surface area (Å²) in [5.41, 5.74) is 9.93. The van der Waals surface area contributed by atoms with Gasteiger partial charge in [0.1, 0.15) is 17.1 Å². The van der Waals surface area contributed by atoms with E-state index in [2.05, 4.69) is 243 Å². The Morgan fingerprint density at radius 3 is 0.754 bits per heavy atom. The van der Waals surface area contributed by atoms with Crippen LogP contribution < -0.4 is 14.7 Å². The molecule has 10 rings (SSSR count). The van der Waals surface area contributed by atoms with E-state index in [9.17, 15) is 0 Å². The van der Waals surface area contributed by atoms with Crippen LogP contribution in [0.4, 0.5) is 17.1 Å². The number of hydrogen-bond acceptors (Lipinski definition) is 9. The maximum Gasteiger partial charge on any atom is 0.155 e. The molecule has 0 bridgehead atoms. The van der Waals surface area contributed by atoms with E-state index in [-0.39, 0.29) is 33.2 Å². The highest BCUT2D eigenvalue weighted by Gasteiger charge is 2.52. The maximum absolute atomic E-state index is 5.30. The molecule has 9 nitrogen and oxygen atoms in total. The third kappa shape index (κ3) is 7.54. The van der Waals surface area contributed by atoms with E-state index in [0.717, 1.165) is 85.0 Å². The highest BCUT2D eigenvalue weighted by atomic mass is 15.4. The Labute approximate surface area is 408 Å². The van der Waals surface area contributed by atoms with Gasteiger partial charge in [-0.1, -0.05) is 72.8 Å². The quantitative estimate of drug-likeness (QED) is 0.143. The Morgan fingerprint density at radius 2 is 0.536 bits per heavy atom. The molecule has 0 saturated heterocycles. The van der Waals surface area contributed by atoms with E-state index in [4.69, 9.17) is 29.9 Å². The summed E-state index contributed by atoms with van der Waals surface area (Å²) in [6.45, 7) is 26.7. The van der Waals surface area contributed by atoms with Crippen molar-refractivity contribution in [1.82, 2.24) is 15.0 Å². The number of anilines is 3. The van der Waals surface area contributed by atoms with Gasteiger partial charge in [0, 0.05) is 52.3 Å². The van der Waals surface area contributed by atoms with Crippen molar-refractivity contribution in [1.29, 1.82) is 0 Å². The largest absolute Gasteiger partial charge is 0.317 e. The van der Waals surface area contributed by atoms with E-state index in [0.29, 0.717) is 0 Å². The monoisotopic (exact) mass is 910 g/mol. The van der Waals surface area contributed by atoms with E-state index in [1.807, 2.05) is 18.6 Å². The molecular weight excluding hydrogens is 847 g/mol. The summed E-state index contributed by atoms with van der Waals surface area (Å²) in [7, 11) is 0. The lowest BCUT2D eigenvalue weighted by Gasteiger charge is -2.41. The summed E-state index contributed by atoms with van der Waals surface area (Å²) in [5, 5.41) is 0. The zero-order chi connectivity index (χ0) is 48.7. The molecule has 0 saturated carbocycles. The molecule has 0 fully saturated rings. The first-order chi connectivity index (χ1) is 32.7. The summed E-state index contributed by atoms with van der Waals surface area (Å²) in [6, 6.07) is 51.0. The predicted molar refractivity (Wildman–Crippen MR) is 287 cm³/mol. The summed E-state index contributed by atoms with van der Waals surface area (Å²) < 4.78 is 0. The summed E-state index contributed by atoms with van der Waals surface area (Å²) in [4.78, 5) is 38.3. The first-order valence-corrected chi connectivity index (χ1v) is 24.1. The SMILES string of the molecule is CC1(C)N=C(c2ccc(-c3cc(-c4ccc(C5=NC(C)(C)C(C)(C)N5c5ccccc5)nc4)cc(-c4ccc(C5=NC(C)(C)C(C)(C)N5c5ccccc5)nc4)c3)cn2)N(c2ccccc2)C1(C)C. The molecule has 3 aliphatic rings. The van der Waals surface area contributed by atoms with Gasteiger partial charge in [-0.2, -0.15) is 0 Å². The van der Waals surface area contributed by atoms with Crippen molar-refractivity contribution in [2.75, 3.05) is 14.7 Å². The van der Waals surface area contributed by atoms with Crippen molar-refractivity contribution in [3.05, 3.63) is 181 Å². The fraction of sp³-hybridized carbons (Fsp3) is 0.300. The smallest absolute Gasteiger partial charge is 0.155 e. The van der Waals surface area contributed by atoms with Gasteiger partial charge in [-0.05, 0) is 173 Å². The Hall–Kier alpha value is -7.26. The number of aliphatic imine (C=N–C) groups is 3. The van der Waals surface area contributed by atoms with Crippen LogP contribution in [0, 0.1) is 0 Å². The van der Waals surface area contributed by atoms with Crippen LogP contribution in [0.3, 0.4) is 0 Å². The molecular formula is C60H63N9. The van der Waals surface area contributed by atoms with Crippen LogP contribution in [-0.4, -0.2) is 65.7 Å². The molecule has 0 amide bonds. The van der Waals surface area contributed by atoms with E-state index >= 15 is 0 Å². The first-order valence-electron chi connectivity index (χ1n) is 24.1. The number of nitrogens with zero attached hydrogens (tertiary/aromatic N) is 9. The molecule has 0 N–H and O–H groups in total. The van der Waals surface area contributed by atoms with Crippen molar-refractivity contribution >= 4 is 34.6 Å². The highest BCUT2D eigenvalue weighted by molar-refractivity contribution is 6.13. The van der Waals surface area contributed by atoms with Gasteiger partial charge in [0.2, 0.25) is 0 Å². The van der Waals surface area contributed by atoms with E-state index in [1.54, 1.807) is 0 Å². The number of aromatic nitrogens is 3. The number of pyridine rings is 3. The number of hydrogen-bond donors (Lipinski definition) is 0. The number of amidine groups is 3. The molecule has 0 spiro atoms. The topological polar surface area (TPSA) is 85.5 Å². The van der Waals surface area contributed by atoms with Crippen LogP contribution >= 0.6 is 0 Å². The van der Waals surface area contributed by atoms with Crippen LogP contribution in [0.1, 0.15) is 100 Å². The van der Waals surface area contributed by atoms with E-state index in [1.165, 1.54) is 0 Å². The third-order valence-electron chi connectivity index (χ3n) is 15.9. The van der Waals surface area contributed by atoms with Crippen molar-refractivity contribution in [2.24, 2.45) is 15.0 Å². The van der Waals surface area contributed by atoms with Gasteiger partial charge in [-0.25, -0.2) is 0 Å². The van der Waals surface area contributed by atoms with Crippen LogP contribution in [0.5, 0.6) is 0 Å². The molecule has 3 aliphatic heterocycles. The van der Waals surface area contributed by atoms with Crippen LogP contribution in [-0.2, 0) is 0 Å². The predicted octanol–water partition coefficient (Wildman–Crippen LogP) is 13.3. The summed E-state index contributed by atoms with van der Waals surface area (Å²) in [5.74, 6) is 2.59. The minimum Gasteiger partial charge on any atom is -0.317 e. The van der Waals surface area contributed by atoms with E-state index < -0.39 is 0 Å². The Kier molecular flexibility index (Phi) is 10.7. The lowest BCUT2D eigenvalue weighted by Crippen LogP contribution is -2.53. The fourth-order valence-corrected chi connectivity index (χ4v) is 9.77. The van der Waals surface area contributed by atoms with Gasteiger partial charge >= 0.3 is 0 Å². The summed E-state index contributed by atoms with van der Waals surface area (Å²) in [6.07, 6.45) is 5.93. The minimum atomic E-state index is -0.345. The molecule has 9 heteroatoms. The number of para-hydroxylation sites is 3. The van der Waals surface area contributed by atoms with Gasteiger partial charge in [0.25, 0.3) is 0 Å². The first kappa shape index (κ1) is 45.5. The molecule has 4 aromatic carbocycles. The van der Waals surface area contributed by atoms with Crippen molar-refractivity contribution in [2.45, 2.75) is 116 Å². The second-order valence-electron chi connectivity index (χ2n) is 21.8. The Balaban J connectivity index is 1.05. The van der Waals surface area contributed by atoms with Crippen molar-refractivity contribution in [3.8, 4) is 33.4 Å². The molecule has 69 heavy (non-hydrogen) atoms. The second-order valence-corrected chi connectivity index (χ2v) is 21.8. The zero-order valence-electron chi connectivity index (χ0n) is 42.1. The molecule has 6 heterocycles. The zero-order valence-corrected chi connectivity index (χ0v) is 42.1. The van der Waals surface area contributed by atoms with Gasteiger partial charge in [0.15, 0.2) is 17.5 Å². The molecule has 3 aromatic heterocycles. The average molecular weight is 910 g/mol. The van der Waals surface area contributed by atoms with Gasteiger partial charge in [-0.15, -0.1) is 0 Å². The molecule has 348 valence electrons. The van der Waals surface area contributed by atoms with Crippen molar-refractivity contribution < 1.29 is 0 Å². The number of rotatable bonds is 9. The normalized spacial score (nSPS) is 19.3. The molecule has 7 aromatic rings. The molecule has 0 aliphatic carbocycles. The lowest BCUT2D eigenvalue weighted by molar-refractivity contribution is 0.338. The number of benzene rings is 4. The van der Waals surface area contributed by atoms with Crippen LogP contribution in [0.25, 0.3) is 33.4 Å². The Bertz CT molecular complexity index is 2780. The van der Waals surface area contributed by atoms with Crippen LogP contribution in [0.15, 0.2) is 179 Å². The molecule has 0 radical (unpaired) electrons. The van der Waals surface area contributed by atoms with Crippen molar-refractivity contribution in [3.63, 3.8) is 0 Å². The standard InChI is InChI=1S/C60H63N9/c1-55(2)58(7,8)67(46-22-16-13-17-23-46)52(64-55)49-31-28-40(37-61-49)43-34-44(41-29-32-50(62-38-41)53-65-56(3,4)59(9,10)68(53)47-24-18-14-19-25-47)36-45(35-43)42-30-33-51(63-39-42)54-66-57(5,6)60(11,12)69(54)48-26-20-15-21-27-48/h13-39H,1-12H3. The summed E-state index contributed by atoms with van der Waals surface area (Å²) >= 11 is 0. The highest BCUT2D eigenvalue weighted by Crippen LogP contribution is 2.45. The fourth-order valence-electron chi connectivity index (χ4n) is 9.77. The van der Waals surface area contributed by atoms with Gasteiger partial charge < -0.3 is 14.7 Å². The van der Waals surface area contributed by atoms with Crippen LogP contribution in [0.2, 0.25) is 0 Å². The average Bonchev–Trinajstić information content (AvgIpc) is 3.76. The Morgan fingerprint density at radius 1 is 0.290 bits per heavy atom. The minimum absolute atomic E-state index is 0.284. The maximum atomic E-state index is 5.30. The third-order valence-corrected chi connectivity index (χ3v) is 15.9. The second kappa shape index (κ2) is 16.2. The molecule has 0 unspecified atom stereocenters. The lowest BCUT2D eigenvalue weighted by atomic mass is 9.83. The molecule has 0 atom stereocenters. The van der Waals surface area contributed by atoms with Gasteiger partial charge in [-0.3, -0.25) is 29.9 Å². The van der Waals surface area contributed by atoms with Gasteiger partial charge in [0.05, 0.1) is 33.2 Å².